The summed E-state index contributed by atoms with van der Waals surface area (Å²) < 4.78 is 0. The van der Waals surface area contributed by atoms with Gasteiger partial charge in [0.1, 0.15) is 0 Å². The lowest BCUT2D eigenvalue weighted by Gasteiger charge is -2.30. The molecule has 2 fully saturated rings. The third-order valence-electron chi connectivity index (χ3n) is 4.80. The van der Waals surface area contributed by atoms with Crippen LogP contribution >= 0.6 is 0 Å². The molecule has 1 heterocycles. The van der Waals surface area contributed by atoms with Crippen molar-refractivity contribution in [2.24, 2.45) is 5.92 Å². The summed E-state index contributed by atoms with van der Waals surface area (Å²) in [7, 11) is 4.17. The average molecular weight is 281 g/mol. The molecule has 2 rings (SSSR count). The zero-order valence-corrected chi connectivity index (χ0v) is 13.2. The maximum atomic E-state index is 12.6. The Morgan fingerprint density at radius 1 is 1.15 bits per heavy atom. The predicted octanol–water partition coefficient (Wildman–Crippen LogP) is 1.71. The topological polar surface area (TPSA) is 35.6 Å². The smallest absolute Gasteiger partial charge is 0.222 e. The quantitative estimate of drug-likeness (QED) is 0.771. The molecule has 1 saturated carbocycles. The third kappa shape index (κ3) is 4.74. The van der Waals surface area contributed by atoms with Crippen LogP contribution in [0.1, 0.15) is 44.9 Å². The van der Waals surface area contributed by atoms with E-state index in [0.29, 0.717) is 11.9 Å². The lowest BCUT2D eigenvalue weighted by atomic mass is 10.0. The molecule has 0 radical (unpaired) electrons. The Kier molecular flexibility index (Phi) is 6.30. The van der Waals surface area contributed by atoms with Crippen molar-refractivity contribution in [2.45, 2.75) is 51.0 Å². The minimum Gasteiger partial charge on any atom is -0.338 e. The maximum absolute atomic E-state index is 12.6. The second-order valence-electron chi connectivity index (χ2n) is 6.73. The van der Waals surface area contributed by atoms with Gasteiger partial charge in [-0.05, 0) is 58.8 Å². The highest BCUT2D eigenvalue weighted by Crippen LogP contribution is 2.25. The molecule has 0 aromatic rings. The molecule has 0 aromatic heterocycles. The molecular formula is C16H31N3O. The average Bonchev–Trinajstić information content (AvgIpc) is 3.09. The number of amides is 1. The molecule has 1 saturated heterocycles. The lowest BCUT2D eigenvalue weighted by molar-refractivity contribution is -0.133. The summed E-state index contributed by atoms with van der Waals surface area (Å²) in [6.45, 7) is 4.12. The molecule has 1 atom stereocenters. The van der Waals surface area contributed by atoms with Crippen LogP contribution in [0.25, 0.3) is 0 Å². The Hall–Kier alpha value is -0.610. The molecule has 1 aliphatic carbocycles. The maximum Gasteiger partial charge on any atom is 0.222 e. The largest absolute Gasteiger partial charge is 0.338 e. The molecule has 1 N–H and O–H groups in total. The normalized spacial score (nSPS) is 23.6. The SMILES string of the molecule is CN(C)CCN(C(=O)CCC1CCNC1)C1CCCC1. The summed E-state index contributed by atoms with van der Waals surface area (Å²) in [5, 5.41) is 3.39. The van der Waals surface area contributed by atoms with E-state index in [-0.39, 0.29) is 0 Å². The van der Waals surface area contributed by atoms with Gasteiger partial charge in [0.05, 0.1) is 0 Å². The molecule has 1 unspecified atom stereocenters. The molecule has 0 aromatic carbocycles. The summed E-state index contributed by atoms with van der Waals surface area (Å²) in [5.74, 6) is 1.11. The van der Waals surface area contributed by atoms with Gasteiger partial charge in [0.25, 0.3) is 0 Å². The minimum absolute atomic E-state index is 0.394. The van der Waals surface area contributed by atoms with Gasteiger partial charge in [0.15, 0.2) is 0 Å². The van der Waals surface area contributed by atoms with Crippen molar-refractivity contribution in [2.75, 3.05) is 40.3 Å². The van der Waals surface area contributed by atoms with Gasteiger partial charge in [0, 0.05) is 25.6 Å². The van der Waals surface area contributed by atoms with E-state index in [1.807, 2.05) is 0 Å². The van der Waals surface area contributed by atoms with Gasteiger partial charge >= 0.3 is 0 Å². The van der Waals surface area contributed by atoms with Crippen LogP contribution < -0.4 is 5.32 Å². The fourth-order valence-corrected chi connectivity index (χ4v) is 3.47. The van der Waals surface area contributed by atoms with E-state index in [1.165, 1.54) is 32.1 Å². The summed E-state index contributed by atoms with van der Waals surface area (Å²) in [6.07, 6.45) is 8.07. The summed E-state index contributed by atoms with van der Waals surface area (Å²) >= 11 is 0. The molecule has 116 valence electrons. The van der Waals surface area contributed by atoms with Crippen molar-refractivity contribution < 1.29 is 4.79 Å². The van der Waals surface area contributed by atoms with E-state index in [1.54, 1.807) is 0 Å². The molecule has 4 nitrogen and oxygen atoms in total. The third-order valence-corrected chi connectivity index (χ3v) is 4.80. The molecule has 1 amide bonds. The number of hydrogen-bond donors (Lipinski definition) is 1. The minimum atomic E-state index is 0.394. The van der Waals surface area contributed by atoms with Crippen LogP contribution in [0.3, 0.4) is 0 Å². The number of carbonyl (C=O) groups is 1. The van der Waals surface area contributed by atoms with Crippen molar-refractivity contribution in [3.63, 3.8) is 0 Å². The van der Waals surface area contributed by atoms with Crippen LogP contribution in [0.5, 0.6) is 0 Å². The molecule has 0 bridgehead atoms. The fourth-order valence-electron chi connectivity index (χ4n) is 3.47. The number of hydrogen-bond acceptors (Lipinski definition) is 3. The first-order valence-electron chi connectivity index (χ1n) is 8.31. The molecule has 20 heavy (non-hydrogen) atoms. The lowest BCUT2D eigenvalue weighted by Crippen LogP contribution is -2.42. The summed E-state index contributed by atoms with van der Waals surface area (Å²) in [4.78, 5) is 17.0. The van der Waals surface area contributed by atoms with Gasteiger partial charge in [-0.25, -0.2) is 0 Å². The molecule has 4 heteroatoms. The standard InChI is InChI=1S/C16H31N3O/c1-18(2)11-12-19(15-5-3-4-6-15)16(20)8-7-14-9-10-17-13-14/h14-15,17H,3-13H2,1-2H3. The van der Waals surface area contributed by atoms with Crippen molar-refractivity contribution >= 4 is 5.91 Å². The van der Waals surface area contributed by atoms with Crippen LogP contribution in [0.4, 0.5) is 0 Å². The molecule has 1 aliphatic heterocycles. The summed E-state index contributed by atoms with van der Waals surface area (Å²) in [5.41, 5.74) is 0. The van der Waals surface area contributed by atoms with Gasteiger partial charge in [-0.15, -0.1) is 0 Å². The Labute approximate surface area is 123 Å². The predicted molar refractivity (Wildman–Crippen MR) is 82.7 cm³/mol. The van der Waals surface area contributed by atoms with Gasteiger partial charge in [-0.3, -0.25) is 4.79 Å². The van der Waals surface area contributed by atoms with E-state index in [0.717, 1.165) is 44.9 Å². The van der Waals surface area contributed by atoms with Crippen LogP contribution in [0.15, 0.2) is 0 Å². The Morgan fingerprint density at radius 2 is 1.90 bits per heavy atom. The van der Waals surface area contributed by atoms with Crippen LogP contribution in [0, 0.1) is 5.92 Å². The van der Waals surface area contributed by atoms with Crippen LogP contribution in [0.2, 0.25) is 0 Å². The number of nitrogens with one attached hydrogen (secondary N) is 1. The van der Waals surface area contributed by atoms with Gasteiger partial charge in [-0.1, -0.05) is 12.8 Å². The second-order valence-corrected chi connectivity index (χ2v) is 6.73. The van der Waals surface area contributed by atoms with Crippen LogP contribution in [-0.4, -0.2) is 62.0 Å². The monoisotopic (exact) mass is 281 g/mol. The van der Waals surface area contributed by atoms with E-state index >= 15 is 0 Å². The number of rotatable bonds is 7. The molecular weight excluding hydrogens is 250 g/mol. The second kappa shape index (κ2) is 7.99. The first-order chi connectivity index (χ1) is 9.66. The number of nitrogens with zero attached hydrogens (tertiary/aromatic N) is 2. The van der Waals surface area contributed by atoms with Crippen molar-refractivity contribution in [1.82, 2.24) is 15.1 Å². The molecule has 2 aliphatic rings. The number of likely N-dealkylation sites (N-methyl/N-ethyl adjacent to an activating group) is 1. The first kappa shape index (κ1) is 15.8. The highest BCUT2D eigenvalue weighted by Gasteiger charge is 2.27. The van der Waals surface area contributed by atoms with Crippen molar-refractivity contribution in [1.29, 1.82) is 0 Å². The van der Waals surface area contributed by atoms with Crippen molar-refractivity contribution in [3.05, 3.63) is 0 Å². The highest BCUT2D eigenvalue weighted by atomic mass is 16.2. The van der Waals surface area contributed by atoms with Gasteiger partial charge in [0.2, 0.25) is 5.91 Å². The highest BCUT2D eigenvalue weighted by molar-refractivity contribution is 5.76. The Morgan fingerprint density at radius 3 is 2.50 bits per heavy atom. The van der Waals surface area contributed by atoms with Gasteiger partial charge in [-0.2, -0.15) is 0 Å². The van der Waals surface area contributed by atoms with E-state index in [9.17, 15) is 4.79 Å². The zero-order chi connectivity index (χ0) is 14.4. The number of carbonyl (C=O) groups excluding carboxylic acids is 1. The van der Waals surface area contributed by atoms with E-state index < -0.39 is 0 Å². The van der Waals surface area contributed by atoms with Crippen LogP contribution in [-0.2, 0) is 4.79 Å². The Balaban J connectivity index is 1.81. The molecule has 0 spiro atoms. The first-order valence-corrected chi connectivity index (χ1v) is 8.31. The zero-order valence-electron chi connectivity index (χ0n) is 13.2. The van der Waals surface area contributed by atoms with E-state index in [4.69, 9.17) is 0 Å². The summed E-state index contributed by atoms with van der Waals surface area (Å²) in [6, 6.07) is 0.518. The van der Waals surface area contributed by atoms with Crippen molar-refractivity contribution in [3.8, 4) is 0 Å². The van der Waals surface area contributed by atoms with E-state index in [2.05, 4.69) is 29.2 Å². The Bertz CT molecular complexity index is 294. The van der Waals surface area contributed by atoms with Gasteiger partial charge < -0.3 is 15.1 Å². The fraction of sp³-hybridized carbons (Fsp3) is 0.938.